The lowest BCUT2D eigenvalue weighted by Gasteiger charge is -2.09. The van der Waals surface area contributed by atoms with Crippen LogP contribution in [0.1, 0.15) is 27.0 Å². The third-order valence-electron chi connectivity index (χ3n) is 3.31. The van der Waals surface area contributed by atoms with Gasteiger partial charge in [0.2, 0.25) is 0 Å². The molecular weight excluding hydrogens is 360 g/mol. The highest BCUT2D eigenvalue weighted by Gasteiger charge is 2.13. The number of carbonyl (C=O) groups excluding carboxylic acids is 2. The minimum Gasteiger partial charge on any atom is -0.465 e. The highest BCUT2D eigenvalue weighted by atomic mass is 79.9. The van der Waals surface area contributed by atoms with Crippen molar-refractivity contribution in [2.45, 2.75) is 18.4 Å². The Kier molecular flexibility index (Phi) is 6.35. The fourth-order valence-electron chi connectivity index (χ4n) is 2.13. The van der Waals surface area contributed by atoms with Crippen molar-refractivity contribution in [3.63, 3.8) is 0 Å². The summed E-state index contributed by atoms with van der Waals surface area (Å²) in [5.74, 6) is -0.696. The van der Waals surface area contributed by atoms with E-state index >= 15 is 0 Å². The summed E-state index contributed by atoms with van der Waals surface area (Å²) in [6.07, 6.45) is 0.161. The number of rotatable bonds is 6. The molecule has 2 aromatic rings. The van der Waals surface area contributed by atoms with Gasteiger partial charge in [0.1, 0.15) is 6.61 Å². The number of halogens is 1. The smallest absolute Gasteiger partial charge is 0.338 e. The van der Waals surface area contributed by atoms with Crippen molar-refractivity contribution in [2.24, 2.45) is 0 Å². The van der Waals surface area contributed by atoms with Crippen LogP contribution in [-0.2, 0) is 32.6 Å². The standard InChI is InChI=1S/C18H17BrO4/c1-22-18(21)16-8-7-14(9-15(16)11-19)10-17(20)23-12-13-5-3-2-4-6-13/h2-9H,10-12H2,1H3. The van der Waals surface area contributed by atoms with Crippen LogP contribution in [0.25, 0.3) is 0 Å². The fraction of sp³-hybridized carbons (Fsp3) is 0.222. The average Bonchev–Trinajstić information content (AvgIpc) is 2.60. The molecule has 120 valence electrons. The lowest BCUT2D eigenvalue weighted by Crippen LogP contribution is -2.10. The largest absolute Gasteiger partial charge is 0.465 e. The number of hydrogen-bond acceptors (Lipinski definition) is 4. The van der Waals surface area contributed by atoms with Crippen LogP contribution in [0.4, 0.5) is 0 Å². The SMILES string of the molecule is COC(=O)c1ccc(CC(=O)OCc2ccccc2)cc1CBr. The lowest BCUT2D eigenvalue weighted by molar-refractivity contribution is -0.144. The zero-order valence-electron chi connectivity index (χ0n) is 12.8. The molecule has 0 aliphatic rings. The predicted molar refractivity (Wildman–Crippen MR) is 90.4 cm³/mol. The summed E-state index contributed by atoms with van der Waals surface area (Å²) >= 11 is 3.34. The molecule has 5 heteroatoms. The summed E-state index contributed by atoms with van der Waals surface area (Å²) in [5, 5.41) is 0.504. The number of carbonyl (C=O) groups is 2. The highest BCUT2D eigenvalue weighted by Crippen LogP contribution is 2.17. The molecule has 0 bridgehead atoms. The van der Waals surface area contributed by atoms with Crippen molar-refractivity contribution >= 4 is 27.9 Å². The molecule has 0 N–H and O–H groups in total. The molecule has 0 heterocycles. The molecule has 0 aliphatic heterocycles. The molecule has 0 saturated carbocycles. The van der Waals surface area contributed by atoms with E-state index in [0.29, 0.717) is 10.9 Å². The number of methoxy groups -OCH3 is 1. The molecule has 0 aromatic heterocycles. The zero-order chi connectivity index (χ0) is 16.7. The molecule has 0 amide bonds. The molecule has 2 aromatic carbocycles. The Labute approximate surface area is 143 Å². The van der Waals surface area contributed by atoms with Crippen LogP contribution in [0.3, 0.4) is 0 Å². The van der Waals surface area contributed by atoms with Crippen LogP contribution in [0, 0.1) is 0 Å². The predicted octanol–water partition coefficient (Wildman–Crippen LogP) is 3.65. The maximum absolute atomic E-state index is 11.9. The summed E-state index contributed by atoms with van der Waals surface area (Å²) in [4.78, 5) is 23.6. The molecule has 0 spiro atoms. The van der Waals surface area contributed by atoms with E-state index < -0.39 is 5.97 Å². The summed E-state index contributed by atoms with van der Waals surface area (Å²) in [6.45, 7) is 0.255. The number of benzene rings is 2. The molecule has 2 rings (SSSR count). The average molecular weight is 377 g/mol. The minimum atomic E-state index is -0.391. The Bertz CT molecular complexity index is 683. The molecule has 0 saturated heterocycles. The summed E-state index contributed by atoms with van der Waals surface area (Å²) in [5.41, 5.74) is 3.02. The Balaban J connectivity index is 1.99. The van der Waals surface area contributed by atoms with E-state index in [0.717, 1.165) is 16.7 Å². The maximum Gasteiger partial charge on any atom is 0.338 e. The quantitative estimate of drug-likeness (QED) is 0.570. The number of hydrogen-bond donors (Lipinski definition) is 0. The molecule has 0 aliphatic carbocycles. The first-order chi connectivity index (χ1) is 11.1. The monoisotopic (exact) mass is 376 g/mol. The molecule has 4 nitrogen and oxygen atoms in total. The van der Waals surface area contributed by atoms with Gasteiger partial charge in [0.15, 0.2) is 0 Å². The number of esters is 2. The van der Waals surface area contributed by atoms with Gasteiger partial charge < -0.3 is 9.47 Å². The van der Waals surface area contributed by atoms with Gasteiger partial charge in [0.05, 0.1) is 19.1 Å². The van der Waals surface area contributed by atoms with Gasteiger partial charge >= 0.3 is 11.9 Å². The van der Waals surface area contributed by atoms with Crippen molar-refractivity contribution in [3.8, 4) is 0 Å². The topological polar surface area (TPSA) is 52.6 Å². The van der Waals surface area contributed by atoms with Gasteiger partial charge in [-0.1, -0.05) is 58.4 Å². The number of ether oxygens (including phenoxy) is 2. The van der Waals surface area contributed by atoms with Crippen LogP contribution in [0.15, 0.2) is 48.5 Å². The van der Waals surface area contributed by atoms with Crippen molar-refractivity contribution in [1.82, 2.24) is 0 Å². The van der Waals surface area contributed by atoms with E-state index in [-0.39, 0.29) is 19.0 Å². The van der Waals surface area contributed by atoms with Gasteiger partial charge in [-0.25, -0.2) is 4.79 Å². The molecule has 0 unspecified atom stereocenters. The van der Waals surface area contributed by atoms with E-state index in [1.54, 1.807) is 12.1 Å². The van der Waals surface area contributed by atoms with Gasteiger partial charge in [-0.05, 0) is 22.8 Å². The molecular formula is C18H17BrO4. The third-order valence-corrected chi connectivity index (χ3v) is 3.91. The summed E-state index contributed by atoms with van der Waals surface area (Å²) in [6, 6.07) is 14.7. The molecule has 0 fully saturated rings. The van der Waals surface area contributed by atoms with Crippen molar-refractivity contribution in [3.05, 3.63) is 70.8 Å². The molecule has 0 radical (unpaired) electrons. The van der Waals surface area contributed by atoms with E-state index in [1.165, 1.54) is 7.11 Å². The van der Waals surface area contributed by atoms with Gasteiger partial charge in [0.25, 0.3) is 0 Å². The van der Waals surface area contributed by atoms with E-state index in [1.807, 2.05) is 36.4 Å². The van der Waals surface area contributed by atoms with Gasteiger partial charge in [-0.3, -0.25) is 4.79 Å². The first-order valence-corrected chi connectivity index (χ1v) is 8.22. The first kappa shape index (κ1) is 17.2. The van der Waals surface area contributed by atoms with Crippen molar-refractivity contribution < 1.29 is 19.1 Å². The van der Waals surface area contributed by atoms with E-state index in [9.17, 15) is 9.59 Å². The molecule has 0 atom stereocenters. The zero-order valence-corrected chi connectivity index (χ0v) is 14.3. The van der Waals surface area contributed by atoms with Crippen LogP contribution in [0.2, 0.25) is 0 Å². The Morgan fingerprint density at radius 2 is 1.78 bits per heavy atom. The first-order valence-electron chi connectivity index (χ1n) is 7.09. The van der Waals surface area contributed by atoms with Crippen LogP contribution >= 0.6 is 15.9 Å². The summed E-state index contributed by atoms with van der Waals surface area (Å²) in [7, 11) is 1.34. The van der Waals surface area contributed by atoms with Crippen molar-refractivity contribution in [2.75, 3.05) is 7.11 Å². The highest BCUT2D eigenvalue weighted by molar-refractivity contribution is 9.08. The normalized spacial score (nSPS) is 10.2. The van der Waals surface area contributed by atoms with Crippen LogP contribution < -0.4 is 0 Å². The lowest BCUT2D eigenvalue weighted by atomic mass is 10.0. The van der Waals surface area contributed by atoms with Gasteiger partial charge in [0, 0.05) is 5.33 Å². The second-order valence-electron chi connectivity index (χ2n) is 4.94. The van der Waals surface area contributed by atoms with Crippen LogP contribution in [-0.4, -0.2) is 19.0 Å². The Morgan fingerprint density at radius 3 is 2.43 bits per heavy atom. The van der Waals surface area contributed by atoms with Gasteiger partial charge in [-0.15, -0.1) is 0 Å². The second-order valence-corrected chi connectivity index (χ2v) is 5.50. The Morgan fingerprint density at radius 1 is 1.04 bits per heavy atom. The van der Waals surface area contributed by atoms with Crippen LogP contribution in [0.5, 0.6) is 0 Å². The minimum absolute atomic E-state index is 0.161. The number of alkyl halides is 1. The van der Waals surface area contributed by atoms with E-state index in [4.69, 9.17) is 9.47 Å². The third kappa shape index (κ3) is 4.93. The second kappa shape index (κ2) is 8.48. The fourth-order valence-corrected chi connectivity index (χ4v) is 2.60. The molecule has 23 heavy (non-hydrogen) atoms. The Hall–Kier alpha value is -2.14. The summed E-state index contributed by atoms with van der Waals surface area (Å²) < 4.78 is 10.00. The van der Waals surface area contributed by atoms with Crippen molar-refractivity contribution in [1.29, 1.82) is 0 Å². The van der Waals surface area contributed by atoms with Gasteiger partial charge in [-0.2, -0.15) is 0 Å². The van der Waals surface area contributed by atoms with E-state index in [2.05, 4.69) is 15.9 Å². The maximum atomic E-state index is 11.9.